The molecule has 1 fully saturated rings. The van der Waals surface area contributed by atoms with Crippen LogP contribution in [-0.4, -0.2) is 61.2 Å². The van der Waals surface area contributed by atoms with Crippen molar-refractivity contribution in [2.45, 2.75) is 18.6 Å². The first-order valence-corrected chi connectivity index (χ1v) is 10.4. The lowest BCUT2D eigenvalue weighted by atomic mass is 10.1. The number of thiophene rings is 1. The first-order chi connectivity index (χ1) is 14.3. The van der Waals surface area contributed by atoms with Crippen molar-refractivity contribution >= 4 is 28.2 Å². The molecule has 0 spiro atoms. The second-order valence-electron chi connectivity index (χ2n) is 7.41. The van der Waals surface area contributed by atoms with E-state index in [2.05, 4.69) is 15.2 Å². The second kappa shape index (κ2) is 8.16. The van der Waals surface area contributed by atoms with E-state index in [9.17, 15) is 17.6 Å². The zero-order valence-electron chi connectivity index (χ0n) is 16.6. The Bertz CT molecular complexity index is 1050. The summed E-state index contributed by atoms with van der Waals surface area (Å²) in [5.41, 5.74) is 0.929. The number of nitrogens with zero attached hydrogens (tertiary/aromatic N) is 3. The van der Waals surface area contributed by atoms with Crippen LogP contribution < -0.4 is 15.9 Å². The van der Waals surface area contributed by atoms with Gasteiger partial charge in [0.25, 0.3) is 0 Å². The molecule has 2 aromatic heterocycles. The molecule has 10 heteroatoms. The normalized spacial score (nSPS) is 19.6. The molecule has 4 heterocycles. The fourth-order valence-electron chi connectivity index (χ4n) is 3.89. The number of likely N-dealkylation sites (N-methyl/N-ethyl adjacent to an activating group) is 1. The lowest BCUT2D eigenvalue weighted by Gasteiger charge is -2.41. The topological polar surface area (TPSA) is 40.6 Å². The summed E-state index contributed by atoms with van der Waals surface area (Å²) in [4.78, 5) is 7.91. The Kier molecular flexibility index (Phi) is 5.73. The largest absolute Gasteiger partial charge is 0.425 e. The third-order valence-corrected chi connectivity index (χ3v) is 6.64. The molecule has 2 aromatic rings. The summed E-state index contributed by atoms with van der Waals surface area (Å²) in [5, 5.41) is 3.81. The zero-order valence-corrected chi connectivity index (χ0v) is 17.4. The van der Waals surface area contributed by atoms with Gasteiger partial charge in [-0.05, 0) is 25.6 Å². The lowest BCUT2D eigenvalue weighted by molar-refractivity contribution is -0.134. The van der Waals surface area contributed by atoms with E-state index in [1.54, 1.807) is 7.11 Å². The quantitative estimate of drug-likeness (QED) is 0.736. The Hall–Kier alpha value is -2.17. The molecule has 0 aliphatic carbocycles. The molecule has 1 saturated heterocycles. The number of anilines is 1. The van der Waals surface area contributed by atoms with Gasteiger partial charge in [-0.3, -0.25) is 9.88 Å². The minimum atomic E-state index is -4.45. The summed E-state index contributed by atoms with van der Waals surface area (Å²) in [6, 6.07) is 2.55. The van der Waals surface area contributed by atoms with E-state index in [1.165, 1.54) is 18.5 Å². The van der Waals surface area contributed by atoms with Crippen molar-refractivity contribution in [2.24, 2.45) is 0 Å². The van der Waals surface area contributed by atoms with Gasteiger partial charge in [0, 0.05) is 57.4 Å². The molecule has 2 aliphatic heterocycles. The molecule has 1 unspecified atom stereocenters. The van der Waals surface area contributed by atoms with Gasteiger partial charge in [-0.25, -0.2) is 4.39 Å². The van der Waals surface area contributed by atoms with Crippen LogP contribution in [0.1, 0.15) is 16.9 Å². The summed E-state index contributed by atoms with van der Waals surface area (Å²) in [7, 11) is 3.66. The predicted octanol–water partition coefficient (Wildman–Crippen LogP) is 2.27. The van der Waals surface area contributed by atoms with E-state index in [1.807, 2.05) is 11.9 Å². The van der Waals surface area contributed by atoms with Crippen LogP contribution in [0.25, 0.3) is 11.9 Å². The molecule has 0 saturated carbocycles. The van der Waals surface area contributed by atoms with Gasteiger partial charge in [0.05, 0.1) is 16.3 Å². The van der Waals surface area contributed by atoms with Gasteiger partial charge in [-0.2, -0.15) is 13.2 Å². The first kappa shape index (κ1) is 21.1. The molecule has 0 amide bonds. The molecule has 0 aromatic carbocycles. The third kappa shape index (κ3) is 3.91. The van der Waals surface area contributed by atoms with Crippen molar-refractivity contribution in [3.8, 4) is 0 Å². The Morgan fingerprint density at radius 1 is 1.33 bits per heavy atom. The van der Waals surface area contributed by atoms with Gasteiger partial charge >= 0.3 is 6.18 Å². The predicted molar refractivity (Wildman–Crippen MR) is 108 cm³/mol. The maximum absolute atomic E-state index is 14.6. The van der Waals surface area contributed by atoms with Crippen molar-refractivity contribution < 1.29 is 22.3 Å². The highest BCUT2D eigenvalue weighted by atomic mass is 32.1. The summed E-state index contributed by atoms with van der Waals surface area (Å²) in [6.45, 7) is 2.50. The van der Waals surface area contributed by atoms with Crippen molar-refractivity contribution in [1.29, 1.82) is 0 Å². The zero-order chi connectivity index (χ0) is 21.5. The van der Waals surface area contributed by atoms with E-state index >= 15 is 0 Å². The van der Waals surface area contributed by atoms with Gasteiger partial charge < -0.3 is 15.0 Å². The van der Waals surface area contributed by atoms with Gasteiger partial charge in [0.15, 0.2) is 0 Å². The molecule has 4 rings (SSSR count). The van der Waals surface area contributed by atoms with Gasteiger partial charge in [0.1, 0.15) is 15.7 Å². The average molecular weight is 442 g/mol. The van der Waals surface area contributed by atoms with Crippen LogP contribution >= 0.6 is 11.3 Å². The van der Waals surface area contributed by atoms with Crippen LogP contribution in [-0.2, 0) is 10.9 Å². The molecule has 1 N–H and O–H groups in total. The van der Waals surface area contributed by atoms with Crippen molar-refractivity contribution in [3.63, 3.8) is 0 Å². The molecule has 0 bridgehead atoms. The number of piperazine rings is 1. The second-order valence-corrected chi connectivity index (χ2v) is 8.46. The monoisotopic (exact) mass is 442 g/mol. The molecule has 30 heavy (non-hydrogen) atoms. The number of aromatic nitrogens is 1. The highest BCUT2D eigenvalue weighted by Crippen LogP contribution is 2.42. The Balaban J connectivity index is 1.87. The van der Waals surface area contributed by atoms with E-state index in [0.29, 0.717) is 52.6 Å². The number of methoxy groups -OCH3 is 1. The standard InChI is InChI=1S/C20H22F4N4OS/c1-27-6-7-28(11-12(27)4-8-29-2)18-13-9-16(20(22,23)24)30-19(13)26-10-14-15(21)3-5-25-17(14)18/h3,5,9-10,12,26H,4,6-8,11H2,1-2H3. The van der Waals surface area contributed by atoms with Crippen molar-refractivity contribution in [1.82, 2.24) is 14.8 Å². The van der Waals surface area contributed by atoms with Crippen molar-refractivity contribution in [3.05, 3.63) is 45.2 Å². The lowest BCUT2D eigenvalue weighted by Crippen LogP contribution is -2.52. The van der Waals surface area contributed by atoms with E-state index in [-0.39, 0.29) is 11.3 Å². The van der Waals surface area contributed by atoms with E-state index in [4.69, 9.17) is 4.74 Å². The number of hydrogen-bond donors (Lipinski definition) is 1. The number of fused-ring (bicyclic) bond motifs is 2. The maximum atomic E-state index is 14.6. The highest BCUT2D eigenvalue weighted by Gasteiger charge is 2.36. The highest BCUT2D eigenvalue weighted by molar-refractivity contribution is 7.16. The number of halogens is 4. The van der Waals surface area contributed by atoms with Crippen LogP contribution in [0.3, 0.4) is 0 Å². The number of rotatable bonds is 4. The number of ether oxygens (including phenoxy) is 1. The molecule has 0 radical (unpaired) electrons. The molecule has 162 valence electrons. The molecule has 5 nitrogen and oxygen atoms in total. The van der Waals surface area contributed by atoms with Crippen LogP contribution in [0.15, 0.2) is 18.3 Å². The average Bonchev–Trinajstić information content (AvgIpc) is 3.05. The Labute approximate surface area is 175 Å². The van der Waals surface area contributed by atoms with Crippen LogP contribution in [0.2, 0.25) is 0 Å². The summed E-state index contributed by atoms with van der Waals surface area (Å²) in [6.07, 6.45) is -0.916. The molecular formula is C20H22F4N4OS. The summed E-state index contributed by atoms with van der Waals surface area (Å²) < 4.78 is 60.0. The van der Waals surface area contributed by atoms with Gasteiger partial charge in [0.2, 0.25) is 0 Å². The SMILES string of the molecule is COCCC1CN(C2=c3nccc(F)c3=CNc3sc(C(F)(F)F)cc32)CCN1C. The van der Waals surface area contributed by atoms with Crippen molar-refractivity contribution in [2.75, 3.05) is 45.7 Å². The number of nitrogens with one attached hydrogen (secondary N) is 1. The fraction of sp³-hybridized carbons (Fsp3) is 0.450. The number of hydrogen-bond acceptors (Lipinski definition) is 6. The van der Waals surface area contributed by atoms with Gasteiger partial charge in [-0.1, -0.05) is 0 Å². The molecular weight excluding hydrogens is 420 g/mol. The van der Waals surface area contributed by atoms with E-state index in [0.717, 1.165) is 19.0 Å². The van der Waals surface area contributed by atoms with E-state index < -0.39 is 16.9 Å². The fourth-order valence-corrected chi connectivity index (χ4v) is 4.79. The number of alkyl halides is 3. The smallest absolute Gasteiger partial charge is 0.385 e. The van der Waals surface area contributed by atoms with Crippen LogP contribution in [0.4, 0.5) is 22.6 Å². The maximum Gasteiger partial charge on any atom is 0.425 e. The molecule has 2 aliphatic rings. The first-order valence-electron chi connectivity index (χ1n) is 9.56. The van der Waals surface area contributed by atoms with Gasteiger partial charge in [-0.15, -0.1) is 11.3 Å². The Morgan fingerprint density at radius 2 is 2.13 bits per heavy atom. The van der Waals surface area contributed by atoms with Crippen LogP contribution in [0, 0.1) is 5.82 Å². The third-order valence-electron chi connectivity index (χ3n) is 5.52. The summed E-state index contributed by atoms with van der Waals surface area (Å²) >= 11 is 0.620. The minimum absolute atomic E-state index is 0.160. The Morgan fingerprint density at radius 3 is 2.87 bits per heavy atom. The summed E-state index contributed by atoms with van der Waals surface area (Å²) in [5.74, 6) is -0.471. The molecule has 1 atom stereocenters. The minimum Gasteiger partial charge on any atom is -0.385 e. The van der Waals surface area contributed by atoms with Crippen LogP contribution in [0.5, 0.6) is 0 Å². The number of pyridine rings is 1.